The number of halogens is 1. The maximum atomic E-state index is 6.10. The van der Waals surface area contributed by atoms with Crippen LogP contribution in [0, 0.1) is 20.8 Å². The fraction of sp³-hybridized carbons (Fsp3) is 0.375. The van der Waals surface area contributed by atoms with E-state index in [1.165, 1.54) is 16.7 Å². The molecule has 0 aliphatic heterocycles. The Morgan fingerprint density at radius 3 is 2.40 bits per heavy atom. The monoisotopic (exact) mass is 290 g/mol. The van der Waals surface area contributed by atoms with Gasteiger partial charge in [0.2, 0.25) is 0 Å². The van der Waals surface area contributed by atoms with E-state index in [-0.39, 0.29) is 0 Å². The van der Waals surface area contributed by atoms with E-state index >= 15 is 0 Å². The van der Waals surface area contributed by atoms with Gasteiger partial charge in [-0.15, -0.1) is 0 Å². The molecule has 0 radical (unpaired) electrons. The van der Waals surface area contributed by atoms with Crippen LogP contribution in [0.2, 0.25) is 5.15 Å². The highest BCUT2D eigenvalue weighted by molar-refractivity contribution is 6.29. The number of aromatic nitrogens is 2. The van der Waals surface area contributed by atoms with Gasteiger partial charge in [-0.1, -0.05) is 17.7 Å². The molecular weight excluding hydrogens is 272 g/mol. The lowest BCUT2D eigenvalue weighted by Gasteiger charge is -2.11. The second-order valence-electron chi connectivity index (χ2n) is 4.88. The van der Waals surface area contributed by atoms with Gasteiger partial charge >= 0.3 is 0 Å². The molecule has 0 fully saturated rings. The summed E-state index contributed by atoms with van der Waals surface area (Å²) in [4.78, 5) is 8.75. The Morgan fingerprint density at radius 1 is 1.00 bits per heavy atom. The smallest absolute Gasteiger partial charge is 0.156 e. The number of benzene rings is 1. The van der Waals surface area contributed by atoms with Crippen LogP contribution in [0.25, 0.3) is 11.3 Å². The molecule has 0 bridgehead atoms. The van der Waals surface area contributed by atoms with Gasteiger partial charge < -0.3 is 4.74 Å². The Morgan fingerprint density at radius 2 is 1.70 bits per heavy atom. The van der Waals surface area contributed by atoms with E-state index in [1.807, 2.05) is 6.92 Å². The summed E-state index contributed by atoms with van der Waals surface area (Å²) in [6.07, 6.45) is 0. The van der Waals surface area contributed by atoms with Crippen LogP contribution >= 0.6 is 11.6 Å². The van der Waals surface area contributed by atoms with Crippen molar-refractivity contribution in [1.82, 2.24) is 9.97 Å². The summed E-state index contributed by atoms with van der Waals surface area (Å²) in [5, 5.41) is 0.447. The SMILES string of the molecule is CCOCc1nc(Cl)cc(-c2cc(C)c(C)cc2C)n1. The molecule has 20 heavy (non-hydrogen) atoms. The van der Waals surface area contributed by atoms with Gasteiger partial charge in [-0.05, 0) is 50.5 Å². The van der Waals surface area contributed by atoms with Crippen molar-refractivity contribution in [2.45, 2.75) is 34.3 Å². The van der Waals surface area contributed by atoms with Crippen LogP contribution in [0.15, 0.2) is 18.2 Å². The molecule has 3 nitrogen and oxygen atoms in total. The molecule has 0 N–H and O–H groups in total. The Kier molecular flexibility index (Phi) is 4.73. The zero-order valence-corrected chi connectivity index (χ0v) is 13.1. The van der Waals surface area contributed by atoms with Crippen LogP contribution in [-0.2, 0) is 11.3 Å². The summed E-state index contributed by atoms with van der Waals surface area (Å²) in [5.74, 6) is 0.618. The minimum Gasteiger partial charge on any atom is -0.374 e. The molecule has 0 amide bonds. The molecule has 1 aromatic carbocycles. The number of hydrogen-bond donors (Lipinski definition) is 0. The molecular formula is C16H19ClN2O. The van der Waals surface area contributed by atoms with Gasteiger partial charge in [0.1, 0.15) is 11.8 Å². The quantitative estimate of drug-likeness (QED) is 0.789. The average Bonchev–Trinajstić information content (AvgIpc) is 2.40. The molecule has 0 unspecified atom stereocenters. The highest BCUT2D eigenvalue weighted by Crippen LogP contribution is 2.26. The second-order valence-corrected chi connectivity index (χ2v) is 5.27. The molecule has 0 saturated heterocycles. The van der Waals surface area contributed by atoms with Gasteiger partial charge in [0.25, 0.3) is 0 Å². The van der Waals surface area contributed by atoms with Crippen LogP contribution in [0.1, 0.15) is 29.4 Å². The molecule has 0 spiro atoms. The van der Waals surface area contributed by atoms with Crippen molar-refractivity contribution in [2.24, 2.45) is 0 Å². The lowest BCUT2D eigenvalue weighted by atomic mass is 9.99. The normalized spacial score (nSPS) is 10.8. The summed E-state index contributed by atoms with van der Waals surface area (Å²) in [6.45, 7) is 9.25. The maximum absolute atomic E-state index is 6.10. The Balaban J connectivity index is 2.47. The van der Waals surface area contributed by atoms with Crippen molar-refractivity contribution in [2.75, 3.05) is 6.61 Å². The topological polar surface area (TPSA) is 35.0 Å². The van der Waals surface area contributed by atoms with Crippen molar-refractivity contribution >= 4 is 11.6 Å². The molecule has 2 aromatic rings. The molecule has 0 atom stereocenters. The van der Waals surface area contributed by atoms with E-state index in [1.54, 1.807) is 6.07 Å². The number of rotatable bonds is 4. The fourth-order valence-corrected chi connectivity index (χ4v) is 2.30. The van der Waals surface area contributed by atoms with E-state index in [0.717, 1.165) is 11.3 Å². The number of aryl methyl sites for hydroxylation is 3. The third-order valence-electron chi connectivity index (χ3n) is 3.29. The van der Waals surface area contributed by atoms with E-state index < -0.39 is 0 Å². The molecule has 1 aromatic heterocycles. The third kappa shape index (κ3) is 3.35. The standard InChI is InChI=1S/C16H19ClN2O/c1-5-20-9-16-18-14(8-15(17)19-16)13-7-11(3)10(2)6-12(13)4/h6-8H,5,9H2,1-4H3. The second kappa shape index (κ2) is 6.33. The van der Waals surface area contributed by atoms with E-state index in [2.05, 4.69) is 42.9 Å². The molecule has 0 saturated carbocycles. The molecule has 2 rings (SSSR count). The molecule has 4 heteroatoms. The summed E-state index contributed by atoms with van der Waals surface area (Å²) >= 11 is 6.10. The van der Waals surface area contributed by atoms with Gasteiger partial charge in [0, 0.05) is 18.2 Å². The number of hydrogen-bond acceptors (Lipinski definition) is 3. The maximum Gasteiger partial charge on any atom is 0.156 e. The number of nitrogens with zero attached hydrogens (tertiary/aromatic N) is 2. The van der Waals surface area contributed by atoms with Crippen LogP contribution in [0.4, 0.5) is 0 Å². The van der Waals surface area contributed by atoms with Crippen molar-refractivity contribution in [1.29, 1.82) is 0 Å². The van der Waals surface area contributed by atoms with Crippen LogP contribution in [0.5, 0.6) is 0 Å². The molecule has 0 aliphatic rings. The van der Waals surface area contributed by atoms with Crippen LogP contribution in [0.3, 0.4) is 0 Å². The van der Waals surface area contributed by atoms with Gasteiger partial charge in [0.15, 0.2) is 5.82 Å². The fourth-order valence-electron chi connectivity index (χ4n) is 2.10. The van der Waals surface area contributed by atoms with E-state index in [9.17, 15) is 0 Å². The Hall–Kier alpha value is -1.45. The predicted molar refractivity (Wildman–Crippen MR) is 82.0 cm³/mol. The van der Waals surface area contributed by atoms with Crippen molar-refractivity contribution < 1.29 is 4.74 Å². The minimum absolute atomic E-state index is 0.383. The summed E-state index contributed by atoms with van der Waals surface area (Å²) in [7, 11) is 0. The zero-order valence-electron chi connectivity index (χ0n) is 12.3. The summed E-state index contributed by atoms with van der Waals surface area (Å²) in [6, 6.07) is 6.12. The highest BCUT2D eigenvalue weighted by atomic mass is 35.5. The van der Waals surface area contributed by atoms with Gasteiger partial charge in [-0.2, -0.15) is 0 Å². The van der Waals surface area contributed by atoms with E-state index in [4.69, 9.17) is 16.3 Å². The molecule has 106 valence electrons. The average molecular weight is 291 g/mol. The third-order valence-corrected chi connectivity index (χ3v) is 3.49. The lowest BCUT2D eigenvalue weighted by Crippen LogP contribution is -2.01. The van der Waals surface area contributed by atoms with E-state index in [0.29, 0.717) is 24.2 Å². The largest absolute Gasteiger partial charge is 0.374 e. The number of ether oxygens (including phenoxy) is 1. The first-order valence-electron chi connectivity index (χ1n) is 6.70. The summed E-state index contributed by atoms with van der Waals surface area (Å²) in [5.41, 5.74) is 5.65. The van der Waals surface area contributed by atoms with Crippen molar-refractivity contribution in [3.63, 3.8) is 0 Å². The minimum atomic E-state index is 0.383. The van der Waals surface area contributed by atoms with Crippen molar-refractivity contribution in [3.05, 3.63) is 45.9 Å². The van der Waals surface area contributed by atoms with Gasteiger partial charge in [-0.25, -0.2) is 9.97 Å². The van der Waals surface area contributed by atoms with Gasteiger partial charge in [0.05, 0.1) is 5.69 Å². The predicted octanol–water partition coefficient (Wildman–Crippen LogP) is 4.26. The highest BCUT2D eigenvalue weighted by Gasteiger charge is 2.09. The lowest BCUT2D eigenvalue weighted by molar-refractivity contribution is 0.128. The first kappa shape index (κ1) is 14.9. The Labute approximate surface area is 125 Å². The molecule has 0 aliphatic carbocycles. The van der Waals surface area contributed by atoms with Crippen molar-refractivity contribution in [3.8, 4) is 11.3 Å². The zero-order chi connectivity index (χ0) is 14.7. The van der Waals surface area contributed by atoms with Crippen LogP contribution < -0.4 is 0 Å². The van der Waals surface area contributed by atoms with Gasteiger partial charge in [-0.3, -0.25) is 0 Å². The summed E-state index contributed by atoms with van der Waals surface area (Å²) < 4.78 is 5.35. The first-order valence-corrected chi connectivity index (χ1v) is 7.08. The molecule has 1 heterocycles. The first-order chi connectivity index (χ1) is 9.51. The Bertz CT molecular complexity index is 626. The van der Waals surface area contributed by atoms with Crippen LogP contribution in [-0.4, -0.2) is 16.6 Å².